The van der Waals surface area contributed by atoms with Crippen LogP contribution in [0.15, 0.2) is 40.7 Å². The van der Waals surface area contributed by atoms with Gasteiger partial charge in [-0.25, -0.2) is 18.8 Å². The number of nitrogens with one attached hydrogen (secondary N) is 1. The quantitative estimate of drug-likeness (QED) is 0.572. The summed E-state index contributed by atoms with van der Waals surface area (Å²) in [6.07, 6.45) is -1.65. The van der Waals surface area contributed by atoms with E-state index in [1.165, 1.54) is 10.9 Å². The average Bonchev–Trinajstić information content (AvgIpc) is 3.05. The Morgan fingerprint density at radius 1 is 1.35 bits per heavy atom. The van der Waals surface area contributed by atoms with E-state index in [-0.39, 0.29) is 12.4 Å². The van der Waals surface area contributed by atoms with Crippen molar-refractivity contribution in [1.82, 2.24) is 10.3 Å². The summed E-state index contributed by atoms with van der Waals surface area (Å²) in [6, 6.07) is 9.01. The van der Waals surface area contributed by atoms with Crippen LogP contribution < -0.4 is 15.8 Å². The first-order valence-corrected chi connectivity index (χ1v) is 7.94. The van der Waals surface area contributed by atoms with E-state index in [4.69, 9.17) is 10.5 Å². The monoisotopic (exact) mass is 340 g/mol. The summed E-state index contributed by atoms with van der Waals surface area (Å²) < 4.78 is 29.1. The molecule has 0 unspecified atom stereocenters. The number of hydrogen-bond donors (Lipinski definition) is 2. The molecular formula is C15H18F2N4OS. The molecule has 0 fully saturated rings. The first-order valence-electron chi connectivity index (χ1n) is 7.06. The van der Waals surface area contributed by atoms with Gasteiger partial charge in [0.15, 0.2) is 12.6 Å². The second kappa shape index (κ2) is 9.04. The first kappa shape index (κ1) is 17.1. The number of pyridine rings is 1. The molecule has 23 heavy (non-hydrogen) atoms. The lowest BCUT2D eigenvalue weighted by Gasteiger charge is -2.06. The van der Waals surface area contributed by atoms with Crippen LogP contribution in [0.1, 0.15) is 10.6 Å². The highest BCUT2D eigenvalue weighted by Gasteiger charge is 2.05. The lowest BCUT2D eigenvalue weighted by Crippen LogP contribution is -2.33. The Morgan fingerprint density at radius 3 is 2.96 bits per heavy atom. The molecule has 0 aliphatic carbocycles. The van der Waals surface area contributed by atoms with Gasteiger partial charge in [0.05, 0.1) is 12.2 Å². The van der Waals surface area contributed by atoms with Crippen molar-refractivity contribution in [2.45, 2.75) is 19.4 Å². The molecule has 0 aliphatic rings. The Balaban J connectivity index is 1.77. The zero-order valence-corrected chi connectivity index (χ0v) is 13.2. The molecule has 124 valence electrons. The zero-order valence-electron chi connectivity index (χ0n) is 12.4. The number of rotatable bonds is 8. The van der Waals surface area contributed by atoms with Crippen LogP contribution in [0.5, 0.6) is 5.88 Å². The summed E-state index contributed by atoms with van der Waals surface area (Å²) in [4.78, 5) is 9.54. The molecule has 0 amide bonds. The summed E-state index contributed by atoms with van der Waals surface area (Å²) in [5.74, 6) is 0.476. The Hall–Kier alpha value is -2.22. The molecule has 0 saturated carbocycles. The van der Waals surface area contributed by atoms with Gasteiger partial charge in [0.2, 0.25) is 5.88 Å². The van der Waals surface area contributed by atoms with Crippen LogP contribution >= 0.6 is 11.3 Å². The van der Waals surface area contributed by atoms with Crippen molar-refractivity contribution < 1.29 is 13.5 Å². The highest BCUT2D eigenvalue weighted by atomic mass is 32.1. The molecule has 0 aliphatic heterocycles. The molecule has 0 spiro atoms. The second-order valence-electron chi connectivity index (χ2n) is 4.63. The maximum atomic E-state index is 12.1. The first-order chi connectivity index (χ1) is 11.1. The fourth-order valence-electron chi connectivity index (χ4n) is 1.77. The largest absolute Gasteiger partial charge is 0.472 e. The van der Waals surface area contributed by atoms with E-state index < -0.39 is 13.0 Å². The highest BCUT2D eigenvalue weighted by Crippen LogP contribution is 2.10. The van der Waals surface area contributed by atoms with Crippen LogP contribution in [0.25, 0.3) is 0 Å². The summed E-state index contributed by atoms with van der Waals surface area (Å²) in [5.41, 5.74) is 6.38. The molecule has 5 nitrogen and oxygen atoms in total. The smallest absolute Gasteiger partial charge is 0.272 e. The molecular weight excluding hydrogens is 322 g/mol. The molecule has 2 aromatic heterocycles. The number of alkyl halides is 2. The van der Waals surface area contributed by atoms with Gasteiger partial charge in [-0.2, -0.15) is 0 Å². The summed E-state index contributed by atoms with van der Waals surface area (Å²) in [5, 5.41) is 5.05. The molecule has 2 aromatic rings. The average molecular weight is 340 g/mol. The third-order valence-corrected chi connectivity index (χ3v) is 3.74. The lowest BCUT2D eigenvalue weighted by molar-refractivity contribution is 0.0795. The third kappa shape index (κ3) is 6.60. The Morgan fingerprint density at radius 2 is 2.22 bits per heavy atom. The minimum atomic E-state index is -2.53. The fraction of sp³-hybridized carbons (Fsp3) is 0.333. The number of aromatic nitrogens is 1. The predicted molar refractivity (Wildman–Crippen MR) is 87.1 cm³/mol. The second-order valence-corrected chi connectivity index (χ2v) is 5.66. The molecule has 0 saturated heterocycles. The number of aliphatic imine (C=N–C) groups is 1. The minimum absolute atomic E-state index is 0.155. The van der Waals surface area contributed by atoms with Gasteiger partial charge in [-0.15, -0.1) is 11.3 Å². The van der Waals surface area contributed by atoms with E-state index >= 15 is 0 Å². The van der Waals surface area contributed by atoms with Crippen LogP contribution in [-0.2, 0) is 13.0 Å². The molecule has 0 atom stereocenters. The lowest BCUT2D eigenvalue weighted by atomic mass is 10.3. The Bertz CT molecular complexity index is 620. The molecule has 3 N–H and O–H groups in total. The van der Waals surface area contributed by atoms with Crippen molar-refractivity contribution in [2.24, 2.45) is 10.7 Å². The van der Waals surface area contributed by atoms with E-state index in [0.29, 0.717) is 18.2 Å². The van der Waals surface area contributed by atoms with Crippen LogP contribution in [-0.4, -0.2) is 30.5 Å². The summed E-state index contributed by atoms with van der Waals surface area (Å²) in [7, 11) is 0. The molecule has 8 heteroatoms. The van der Waals surface area contributed by atoms with Gasteiger partial charge in [-0.1, -0.05) is 12.1 Å². The van der Waals surface area contributed by atoms with Crippen LogP contribution in [0, 0.1) is 0 Å². The number of thiophene rings is 1. The Kier molecular flexibility index (Phi) is 6.74. The predicted octanol–water partition coefficient (Wildman–Crippen LogP) is 2.43. The molecule has 0 bridgehead atoms. The topological polar surface area (TPSA) is 72.5 Å². The molecule has 2 rings (SSSR count). The number of ether oxygens (including phenoxy) is 1. The molecule has 0 aromatic carbocycles. The van der Waals surface area contributed by atoms with Gasteiger partial charge < -0.3 is 15.8 Å². The van der Waals surface area contributed by atoms with Crippen LogP contribution in [0.3, 0.4) is 0 Å². The molecule has 0 radical (unpaired) electrons. The standard InChI is InChI=1S/C15H18F2N4OS/c16-13(17)10-22-14-5-1-3-11(21-14)9-20-15(18)19-7-6-12-4-2-8-23-12/h1-5,8,13H,6-7,9-10H2,(H3,18,19,20). The number of nitrogens with two attached hydrogens (primary N) is 1. The van der Waals surface area contributed by atoms with Crippen molar-refractivity contribution in [3.8, 4) is 5.88 Å². The van der Waals surface area contributed by atoms with Crippen molar-refractivity contribution in [2.75, 3.05) is 13.2 Å². The normalized spacial score (nSPS) is 11.7. The van der Waals surface area contributed by atoms with Crippen LogP contribution in [0.2, 0.25) is 0 Å². The Labute approximate surface area is 137 Å². The third-order valence-electron chi connectivity index (χ3n) is 2.81. The van der Waals surface area contributed by atoms with Gasteiger partial charge in [0.25, 0.3) is 6.43 Å². The van der Waals surface area contributed by atoms with Crippen molar-refractivity contribution in [1.29, 1.82) is 0 Å². The van der Waals surface area contributed by atoms with Gasteiger partial charge in [-0.05, 0) is 23.9 Å². The maximum Gasteiger partial charge on any atom is 0.272 e. The molecule has 2 heterocycles. The SMILES string of the molecule is NC(=NCc1cccc(OCC(F)F)n1)NCCc1cccs1. The number of nitrogens with zero attached hydrogens (tertiary/aromatic N) is 2. The van der Waals surface area contributed by atoms with E-state index in [1.807, 2.05) is 11.4 Å². The maximum absolute atomic E-state index is 12.1. The number of halogens is 2. The van der Waals surface area contributed by atoms with Crippen molar-refractivity contribution >= 4 is 17.3 Å². The van der Waals surface area contributed by atoms with Gasteiger partial charge in [0.1, 0.15) is 0 Å². The summed E-state index contributed by atoms with van der Waals surface area (Å²) in [6.45, 7) is 0.274. The van der Waals surface area contributed by atoms with E-state index in [0.717, 1.165) is 6.42 Å². The van der Waals surface area contributed by atoms with Gasteiger partial charge >= 0.3 is 0 Å². The van der Waals surface area contributed by atoms with E-state index in [2.05, 4.69) is 21.4 Å². The zero-order chi connectivity index (χ0) is 16.5. The number of guanidine groups is 1. The van der Waals surface area contributed by atoms with Crippen LogP contribution in [0.4, 0.5) is 8.78 Å². The summed E-state index contributed by atoms with van der Waals surface area (Å²) >= 11 is 1.70. The highest BCUT2D eigenvalue weighted by molar-refractivity contribution is 7.09. The number of hydrogen-bond acceptors (Lipinski definition) is 4. The fourth-order valence-corrected chi connectivity index (χ4v) is 2.47. The van der Waals surface area contributed by atoms with E-state index in [9.17, 15) is 8.78 Å². The van der Waals surface area contributed by atoms with Gasteiger partial charge in [-0.3, -0.25) is 0 Å². The van der Waals surface area contributed by atoms with Gasteiger partial charge in [0, 0.05) is 17.5 Å². The van der Waals surface area contributed by atoms with Crippen molar-refractivity contribution in [3.63, 3.8) is 0 Å². The van der Waals surface area contributed by atoms with Crippen molar-refractivity contribution in [3.05, 3.63) is 46.3 Å². The van der Waals surface area contributed by atoms with E-state index in [1.54, 1.807) is 23.5 Å². The minimum Gasteiger partial charge on any atom is -0.472 e.